The minimum Gasteiger partial charge on any atom is -0.464 e. The van der Waals surface area contributed by atoms with E-state index in [0.717, 1.165) is 18.4 Å². The van der Waals surface area contributed by atoms with Crippen molar-refractivity contribution >= 4 is 11.9 Å². The Balaban J connectivity index is 2.33. The van der Waals surface area contributed by atoms with Gasteiger partial charge in [-0.05, 0) is 39.0 Å². The summed E-state index contributed by atoms with van der Waals surface area (Å²) >= 11 is 0. The number of amides is 1. The molecule has 0 spiro atoms. The van der Waals surface area contributed by atoms with Crippen LogP contribution >= 0.6 is 0 Å². The number of alkyl halides is 3. The zero-order valence-corrected chi connectivity index (χ0v) is 15.3. The topological polar surface area (TPSA) is 72.6 Å². The number of rotatable bonds is 4. The van der Waals surface area contributed by atoms with E-state index >= 15 is 0 Å². The van der Waals surface area contributed by atoms with Crippen molar-refractivity contribution in [1.82, 2.24) is 9.88 Å². The molecular weight excluding hydrogens is 365 g/mol. The molecule has 0 aliphatic heterocycles. The molecule has 1 aromatic carbocycles. The van der Waals surface area contributed by atoms with Crippen molar-refractivity contribution in [3.05, 3.63) is 53.2 Å². The largest absolute Gasteiger partial charge is 0.464 e. The molecule has 1 heterocycles. The third-order valence-electron chi connectivity index (χ3n) is 3.73. The number of ether oxygens (including phenoxy) is 1. The quantitative estimate of drug-likeness (QED) is 0.747. The standard InChI is InChI=1S/C18H19F3N2O4/c1-17(2,3)23(9-14-22-13(10-27-14)16(25)26-4)15(24)11-6-5-7-12(8-11)18(19,20)21/h5-8,10H,9H2,1-4H3. The third kappa shape index (κ3) is 4.87. The molecule has 1 aromatic heterocycles. The predicted molar refractivity (Wildman–Crippen MR) is 88.9 cm³/mol. The van der Waals surface area contributed by atoms with Gasteiger partial charge in [0, 0.05) is 11.1 Å². The smallest absolute Gasteiger partial charge is 0.416 e. The number of aromatic nitrogens is 1. The first-order valence-electron chi connectivity index (χ1n) is 7.95. The van der Waals surface area contributed by atoms with Gasteiger partial charge < -0.3 is 14.1 Å². The molecule has 9 heteroatoms. The number of methoxy groups -OCH3 is 1. The van der Waals surface area contributed by atoms with Crippen LogP contribution in [0.2, 0.25) is 0 Å². The molecule has 2 rings (SSSR count). The van der Waals surface area contributed by atoms with Gasteiger partial charge in [0.15, 0.2) is 5.69 Å². The van der Waals surface area contributed by atoms with Gasteiger partial charge in [0.05, 0.1) is 19.2 Å². The molecule has 146 valence electrons. The van der Waals surface area contributed by atoms with E-state index in [9.17, 15) is 22.8 Å². The van der Waals surface area contributed by atoms with Crippen LogP contribution in [0.1, 0.15) is 53.1 Å². The van der Waals surface area contributed by atoms with E-state index in [4.69, 9.17) is 4.42 Å². The van der Waals surface area contributed by atoms with Gasteiger partial charge in [0.1, 0.15) is 6.26 Å². The van der Waals surface area contributed by atoms with Crippen molar-refractivity contribution in [2.24, 2.45) is 0 Å². The van der Waals surface area contributed by atoms with Crippen LogP contribution in [0, 0.1) is 0 Å². The van der Waals surface area contributed by atoms with Gasteiger partial charge >= 0.3 is 12.1 Å². The van der Waals surface area contributed by atoms with E-state index in [0.29, 0.717) is 0 Å². The highest BCUT2D eigenvalue weighted by Crippen LogP contribution is 2.30. The number of carbonyl (C=O) groups is 2. The Hall–Kier alpha value is -2.84. The number of oxazole rings is 1. The van der Waals surface area contributed by atoms with Crippen molar-refractivity contribution in [1.29, 1.82) is 0 Å². The Bertz CT molecular complexity index is 838. The van der Waals surface area contributed by atoms with E-state index in [1.165, 1.54) is 24.1 Å². The second kappa shape index (κ2) is 7.42. The summed E-state index contributed by atoms with van der Waals surface area (Å²) < 4.78 is 48.5. The molecule has 0 unspecified atom stereocenters. The summed E-state index contributed by atoms with van der Waals surface area (Å²) in [6.45, 7) is 5.05. The molecule has 0 aliphatic carbocycles. The summed E-state index contributed by atoms with van der Waals surface area (Å²) in [6.07, 6.45) is -3.46. The summed E-state index contributed by atoms with van der Waals surface area (Å²) in [5.74, 6) is -1.26. The van der Waals surface area contributed by atoms with Gasteiger partial charge in [-0.3, -0.25) is 4.79 Å². The minimum atomic E-state index is -4.55. The molecule has 0 bridgehead atoms. The second-order valence-corrected chi connectivity index (χ2v) is 6.76. The van der Waals surface area contributed by atoms with Crippen LogP contribution in [0.4, 0.5) is 13.2 Å². The van der Waals surface area contributed by atoms with Crippen LogP contribution in [-0.2, 0) is 17.5 Å². The summed E-state index contributed by atoms with van der Waals surface area (Å²) in [6, 6.07) is 4.19. The van der Waals surface area contributed by atoms with Gasteiger partial charge in [-0.1, -0.05) is 6.07 Å². The van der Waals surface area contributed by atoms with Crippen molar-refractivity contribution in [2.45, 2.75) is 39.0 Å². The van der Waals surface area contributed by atoms with Gasteiger partial charge in [-0.25, -0.2) is 9.78 Å². The lowest BCUT2D eigenvalue weighted by atomic mass is 10.0. The number of esters is 1. The number of nitrogens with zero attached hydrogens (tertiary/aromatic N) is 2. The molecule has 27 heavy (non-hydrogen) atoms. The Morgan fingerprint density at radius 3 is 2.44 bits per heavy atom. The van der Waals surface area contributed by atoms with Crippen molar-refractivity contribution in [3.63, 3.8) is 0 Å². The second-order valence-electron chi connectivity index (χ2n) is 6.76. The highest BCUT2D eigenvalue weighted by molar-refractivity contribution is 5.95. The molecule has 1 amide bonds. The Morgan fingerprint density at radius 1 is 1.22 bits per heavy atom. The van der Waals surface area contributed by atoms with Crippen LogP contribution in [0.15, 0.2) is 34.9 Å². The number of carbonyl (C=O) groups excluding carboxylic acids is 2. The zero-order chi connectivity index (χ0) is 20.4. The van der Waals surface area contributed by atoms with Gasteiger partial charge in [-0.15, -0.1) is 0 Å². The van der Waals surface area contributed by atoms with E-state index in [2.05, 4.69) is 9.72 Å². The predicted octanol–water partition coefficient (Wildman–Crippen LogP) is 3.92. The van der Waals surface area contributed by atoms with Crippen LogP contribution in [-0.4, -0.2) is 34.4 Å². The molecule has 2 aromatic rings. The fraction of sp³-hybridized carbons (Fsp3) is 0.389. The Labute approximate surface area is 153 Å². The number of hydrogen-bond donors (Lipinski definition) is 0. The van der Waals surface area contributed by atoms with Gasteiger partial charge in [0.2, 0.25) is 5.89 Å². The molecule has 0 aliphatic rings. The lowest BCUT2D eigenvalue weighted by molar-refractivity contribution is -0.137. The van der Waals surface area contributed by atoms with Crippen LogP contribution in [0.5, 0.6) is 0 Å². The lowest BCUT2D eigenvalue weighted by Crippen LogP contribution is -2.45. The highest BCUT2D eigenvalue weighted by atomic mass is 19.4. The Morgan fingerprint density at radius 2 is 1.89 bits per heavy atom. The average molecular weight is 384 g/mol. The first kappa shape index (κ1) is 20.5. The first-order valence-corrected chi connectivity index (χ1v) is 7.95. The van der Waals surface area contributed by atoms with E-state index in [1.807, 2.05) is 0 Å². The highest BCUT2D eigenvalue weighted by Gasteiger charge is 2.33. The van der Waals surface area contributed by atoms with Crippen LogP contribution < -0.4 is 0 Å². The molecule has 6 nitrogen and oxygen atoms in total. The molecule has 0 fully saturated rings. The van der Waals surface area contributed by atoms with E-state index in [1.54, 1.807) is 20.8 Å². The van der Waals surface area contributed by atoms with Crippen LogP contribution in [0.3, 0.4) is 0 Å². The van der Waals surface area contributed by atoms with E-state index in [-0.39, 0.29) is 23.7 Å². The fourth-order valence-electron chi connectivity index (χ4n) is 2.32. The van der Waals surface area contributed by atoms with Gasteiger partial charge in [-0.2, -0.15) is 13.2 Å². The Kier molecular flexibility index (Phi) is 5.62. The molecule has 0 saturated carbocycles. The number of hydrogen-bond acceptors (Lipinski definition) is 5. The first-order chi connectivity index (χ1) is 12.4. The van der Waals surface area contributed by atoms with Crippen molar-refractivity contribution < 1.29 is 31.9 Å². The maximum absolute atomic E-state index is 12.9. The third-order valence-corrected chi connectivity index (χ3v) is 3.73. The molecule has 0 N–H and O–H groups in total. The fourth-order valence-corrected chi connectivity index (χ4v) is 2.32. The monoisotopic (exact) mass is 384 g/mol. The molecule has 0 atom stereocenters. The average Bonchev–Trinajstić information content (AvgIpc) is 3.05. The summed E-state index contributed by atoms with van der Waals surface area (Å²) in [5.41, 5.74) is -1.83. The molecule has 0 radical (unpaired) electrons. The minimum absolute atomic E-state index is 0.0608. The van der Waals surface area contributed by atoms with Crippen molar-refractivity contribution in [2.75, 3.05) is 7.11 Å². The van der Waals surface area contributed by atoms with Crippen molar-refractivity contribution in [3.8, 4) is 0 Å². The SMILES string of the molecule is COC(=O)c1coc(CN(C(=O)c2cccc(C(F)(F)F)c2)C(C)(C)C)n1. The summed E-state index contributed by atoms with van der Waals surface area (Å²) in [4.78, 5) is 29.6. The van der Waals surface area contributed by atoms with Crippen LogP contribution in [0.25, 0.3) is 0 Å². The summed E-state index contributed by atoms with van der Waals surface area (Å²) in [7, 11) is 1.19. The molecular formula is C18H19F3N2O4. The normalized spacial score (nSPS) is 12.0. The zero-order valence-electron chi connectivity index (χ0n) is 15.3. The van der Waals surface area contributed by atoms with E-state index < -0.39 is 29.2 Å². The maximum atomic E-state index is 12.9. The summed E-state index contributed by atoms with van der Waals surface area (Å²) in [5, 5.41) is 0. The van der Waals surface area contributed by atoms with Gasteiger partial charge in [0.25, 0.3) is 5.91 Å². The lowest BCUT2D eigenvalue weighted by Gasteiger charge is -2.35. The maximum Gasteiger partial charge on any atom is 0.416 e. The molecule has 0 saturated heterocycles. The number of benzene rings is 1. The number of halogens is 3.